The number of hydrogen-bond donors (Lipinski definition) is 1. The predicted octanol–water partition coefficient (Wildman–Crippen LogP) is 4.77. The Hall–Kier alpha value is -1.51. The highest BCUT2D eigenvalue weighted by Gasteiger charge is 2.16. The number of rotatable bonds is 7. The standard InChI is InChI=1S/C18H27NO2/c1-2-3-13-21-17-11-9-16(10-12-17)19-18(20)14-15-7-5-4-6-8-15/h9-12,15H,2-8,13-14H2,1H3,(H,19,20). The van der Waals surface area contributed by atoms with Gasteiger partial charge in [-0.1, -0.05) is 32.6 Å². The lowest BCUT2D eigenvalue weighted by Gasteiger charge is -2.20. The van der Waals surface area contributed by atoms with Crippen LogP contribution in [0.5, 0.6) is 5.75 Å². The normalized spacial score (nSPS) is 15.7. The molecule has 0 saturated heterocycles. The molecule has 1 aliphatic rings. The Morgan fingerprint density at radius 3 is 2.57 bits per heavy atom. The summed E-state index contributed by atoms with van der Waals surface area (Å²) >= 11 is 0. The number of anilines is 1. The van der Waals surface area contributed by atoms with E-state index in [1.807, 2.05) is 24.3 Å². The first-order valence-electron chi connectivity index (χ1n) is 8.30. The van der Waals surface area contributed by atoms with Crippen molar-refractivity contribution in [2.45, 2.75) is 58.3 Å². The third kappa shape index (κ3) is 5.78. The van der Waals surface area contributed by atoms with Gasteiger partial charge in [0.25, 0.3) is 0 Å². The molecule has 0 bridgehead atoms. The molecule has 1 aliphatic carbocycles. The van der Waals surface area contributed by atoms with Crippen molar-refractivity contribution in [3.05, 3.63) is 24.3 Å². The van der Waals surface area contributed by atoms with Gasteiger partial charge in [-0.15, -0.1) is 0 Å². The molecule has 1 saturated carbocycles. The Morgan fingerprint density at radius 2 is 1.90 bits per heavy atom. The van der Waals surface area contributed by atoms with Crippen molar-refractivity contribution in [2.24, 2.45) is 5.92 Å². The summed E-state index contributed by atoms with van der Waals surface area (Å²) < 4.78 is 5.62. The summed E-state index contributed by atoms with van der Waals surface area (Å²) in [5, 5.41) is 2.99. The zero-order valence-electron chi connectivity index (χ0n) is 13.1. The van der Waals surface area contributed by atoms with Crippen LogP contribution in [0.15, 0.2) is 24.3 Å². The summed E-state index contributed by atoms with van der Waals surface area (Å²) in [6.07, 6.45) is 9.17. The van der Waals surface area contributed by atoms with Gasteiger partial charge in [0.15, 0.2) is 0 Å². The molecular weight excluding hydrogens is 262 g/mol. The van der Waals surface area contributed by atoms with Crippen LogP contribution >= 0.6 is 0 Å². The second-order valence-corrected chi connectivity index (χ2v) is 5.98. The molecule has 0 aromatic heterocycles. The quantitative estimate of drug-likeness (QED) is 0.734. The fraction of sp³-hybridized carbons (Fsp3) is 0.611. The minimum atomic E-state index is 0.140. The van der Waals surface area contributed by atoms with E-state index in [0.29, 0.717) is 12.3 Å². The lowest BCUT2D eigenvalue weighted by molar-refractivity contribution is -0.117. The van der Waals surface area contributed by atoms with Crippen LogP contribution in [-0.2, 0) is 4.79 Å². The monoisotopic (exact) mass is 289 g/mol. The van der Waals surface area contributed by atoms with Gasteiger partial charge >= 0.3 is 0 Å². The second-order valence-electron chi connectivity index (χ2n) is 5.98. The topological polar surface area (TPSA) is 38.3 Å². The number of nitrogens with one attached hydrogen (secondary N) is 1. The highest BCUT2D eigenvalue weighted by atomic mass is 16.5. The molecule has 3 heteroatoms. The van der Waals surface area contributed by atoms with E-state index in [2.05, 4.69) is 12.2 Å². The maximum atomic E-state index is 12.0. The fourth-order valence-electron chi connectivity index (χ4n) is 2.83. The molecule has 1 aromatic carbocycles. The molecule has 0 atom stereocenters. The molecule has 3 nitrogen and oxygen atoms in total. The summed E-state index contributed by atoms with van der Waals surface area (Å²) in [5.41, 5.74) is 0.860. The van der Waals surface area contributed by atoms with Gasteiger partial charge in [-0.2, -0.15) is 0 Å². The van der Waals surface area contributed by atoms with Gasteiger partial charge in [0, 0.05) is 12.1 Å². The van der Waals surface area contributed by atoms with E-state index in [9.17, 15) is 4.79 Å². The van der Waals surface area contributed by atoms with Gasteiger partial charge < -0.3 is 10.1 Å². The van der Waals surface area contributed by atoms with Gasteiger partial charge in [0.05, 0.1) is 6.61 Å². The van der Waals surface area contributed by atoms with Gasteiger partial charge in [0.2, 0.25) is 5.91 Å². The molecule has 1 N–H and O–H groups in total. The zero-order chi connectivity index (χ0) is 14.9. The van der Waals surface area contributed by atoms with Crippen LogP contribution in [0.2, 0.25) is 0 Å². The summed E-state index contributed by atoms with van der Waals surface area (Å²) in [6, 6.07) is 7.68. The number of carbonyl (C=O) groups excluding carboxylic acids is 1. The number of hydrogen-bond acceptors (Lipinski definition) is 2. The number of unbranched alkanes of at least 4 members (excludes halogenated alkanes) is 1. The molecule has 1 amide bonds. The second kappa shape index (κ2) is 8.71. The third-order valence-corrected chi connectivity index (χ3v) is 4.10. The van der Waals surface area contributed by atoms with Crippen LogP contribution in [0.4, 0.5) is 5.69 Å². The minimum Gasteiger partial charge on any atom is -0.494 e. The zero-order valence-corrected chi connectivity index (χ0v) is 13.1. The van der Waals surface area contributed by atoms with Gasteiger partial charge in [-0.3, -0.25) is 4.79 Å². The van der Waals surface area contributed by atoms with E-state index in [0.717, 1.165) is 30.9 Å². The van der Waals surface area contributed by atoms with Crippen molar-refractivity contribution in [1.82, 2.24) is 0 Å². The van der Waals surface area contributed by atoms with Crippen molar-refractivity contribution in [3.8, 4) is 5.75 Å². The van der Waals surface area contributed by atoms with Crippen molar-refractivity contribution < 1.29 is 9.53 Å². The largest absolute Gasteiger partial charge is 0.494 e. The highest BCUT2D eigenvalue weighted by Crippen LogP contribution is 2.26. The van der Waals surface area contributed by atoms with E-state index in [4.69, 9.17) is 4.74 Å². The van der Waals surface area contributed by atoms with Crippen LogP contribution in [0.3, 0.4) is 0 Å². The molecule has 21 heavy (non-hydrogen) atoms. The summed E-state index contributed by atoms with van der Waals surface area (Å²) in [6.45, 7) is 2.90. The summed E-state index contributed by atoms with van der Waals surface area (Å²) in [4.78, 5) is 12.0. The van der Waals surface area contributed by atoms with Crippen molar-refractivity contribution in [1.29, 1.82) is 0 Å². The maximum absolute atomic E-state index is 12.0. The molecule has 2 rings (SSSR count). The Morgan fingerprint density at radius 1 is 1.19 bits per heavy atom. The Kier molecular flexibility index (Phi) is 6.58. The molecule has 0 spiro atoms. The Bertz CT molecular complexity index is 421. The SMILES string of the molecule is CCCCOc1ccc(NC(=O)CC2CCCCC2)cc1. The predicted molar refractivity (Wildman–Crippen MR) is 86.7 cm³/mol. The van der Waals surface area contributed by atoms with Gasteiger partial charge in [-0.25, -0.2) is 0 Å². The average Bonchev–Trinajstić information content (AvgIpc) is 2.50. The number of carbonyl (C=O) groups is 1. The third-order valence-electron chi connectivity index (χ3n) is 4.10. The van der Waals surface area contributed by atoms with Crippen LogP contribution in [-0.4, -0.2) is 12.5 Å². The summed E-state index contributed by atoms with van der Waals surface area (Å²) in [7, 11) is 0. The van der Waals surface area contributed by atoms with Gasteiger partial charge in [0.1, 0.15) is 5.75 Å². The highest BCUT2D eigenvalue weighted by molar-refractivity contribution is 5.90. The first-order valence-corrected chi connectivity index (χ1v) is 8.30. The molecule has 0 radical (unpaired) electrons. The van der Waals surface area contributed by atoms with Gasteiger partial charge in [-0.05, 0) is 49.4 Å². The molecule has 0 unspecified atom stereocenters. The first-order chi connectivity index (χ1) is 10.3. The number of amides is 1. The lowest BCUT2D eigenvalue weighted by Crippen LogP contribution is -2.18. The van der Waals surface area contributed by atoms with Crippen molar-refractivity contribution in [3.63, 3.8) is 0 Å². The van der Waals surface area contributed by atoms with Crippen molar-refractivity contribution in [2.75, 3.05) is 11.9 Å². The van der Waals surface area contributed by atoms with Crippen molar-refractivity contribution >= 4 is 11.6 Å². The van der Waals surface area contributed by atoms with E-state index in [1.54, 1.807) is 0 Å². The van der Waals surface area contributed by atoms with Crippen LogP contribution in [0.25, 0.3) is 0 Å². The molecular formula is C18H27NO2. The number of ether oxygens (including phenoxy) is 1. The van der Waals surface area contributed by atoms with E-state index >= 15 is 0 Å². The molecule has 0 heterocycles. The molecule has 116 valence electrons. The van der Waals surface area contributed by atoms with Crippen LogP contribution in [0.1, 0.15) is 58.3 Å². The lowest BCUT2D eigenvalue weighted by atomic mass is 9.87. The van der Waals surface area contributed by atoms with E-state index in [-0.39, 0.29) is 5.91 Å². The van der Waals surface area contributed by atoms with E-state index in [1.165, 1.54) is 32.1 Å². The molecule has 1 aromatic rings. The summed E-state index contributed by atoms with van der Waals surface area (Å²) in [5.74, 6) is 1.59. The van der Waals surface area contributed by atoms with Crippen LogP contribution in [0, 0.1) is 5.92 Å². The maximum Gasteiger partial charge on any atom is 0.224 e. The Balaban J connectivity index is 1.75. The van der Waals surface area contributed by atoms with E-state index < -0.39 is 0 Å². The average molecular weight is 289 g/mol. The van der Waals surface area contributed by atoms with Crippen LogP contribution < -0.4 is 10.1 Å². The Labute approximate surface area is 128 Å². The smallest absolute Gasteiger partial charge is 0.224 e. The fourth-order valence-corrected chi connectivity index (χ4v) is 2.83. The molecule has 0 aliphatic heterocycles. The first kappa shape index (κ1) is 15.9. The minimum absolute atomic E-state index is 0.140. The molecule has 1 fully saturated rings. The number of benzene rings is 1.